The van der Waals surface area contributed by atoms with Crippen molar-refractivity contribution in [1.29, 1.82) is 0 Å². The van der Waals surface area contributed by atoms with Crippen molar-refractivity contribution in [3.05, 3.63) is 41.7 Å². The quantitative estimate of drug-likeness (QED) is 0.660. The fourth-order valence-corrected chi connectivity index (χ4v) is 0.867. The van der Waals surface area contributed by atoms with Crippen molar-refractivity contribution in [3.63, 3.8) is 0 Å². The summed E-state index contributed by atoms with van der Waals surface area (Å²) in [6, 6.07) is 6.35. The maximum absolute atomic E-state index is 12.9. The Bertz CT molecular complexity index is 308. The normalized spacial score (nSPS) is 10.2. The minimum atomic E-state index is -0.297. The number of ether oxygens (including phenoxy) is 1. The third-order valence-electron chi connectivity index (χ3n) is 1.44. The summed E-state index contributed by atoms with van der Waals surface area (Å²) in [6.07, 6.45) is 3.09. The highest BCUT2D eigenvalue weighted by atomic mass is 19.1. The number of hydrogen-bond acceptors (Lipinski definition) is 2. The van der Waals surface area contributed by atoms with E-state index >= 15 is 0 Å². The molecule has 0 spiro atoms. The first-order chi connectivity index (χ1) is 6.34. The largest absolute Gasteiger partial charge is 0.453 e. The second-order valence-electron chi connectivity index (χ2n) is 2.32. The Balaban J connectivity index is 2.58. The van der Waals surface area contributed by atoms with Crippen molar-refractivity contribution in [3.8, 4) is 0 Å². The minimum absolute atomic E-state index is 0.109. The molecule has 1 aromatic carbocycles. The van der Waals surface area contributed by atoms with Crippen molar-refractivity contribution in [2.45, 2.75) is 0 Å². The summed E-state index contributed by atoms with van der Waals surface area (Å²) in [5.74, 6) is -0.297. The van der Waals surface area contributed by atoms with Gasteiger partial charge in [-0.3, -0.25) is 0 Å². The van der Waals surface area contributed by atoms with Gasteiger partial charge in [-0.2, -0.15) is 0 Å². The lowest BCUT2D eigenvalue weighted by Gasteiger charge is -1.94. The monoisotopic (exact) mass is 179 g/mol. The predicted molar refractivity (Wildman–Crippen MR) is 47.1 cm³/mol. The van der Waals surface area contributed by atoms with Gasteiger partial charge in [0.2, 0.25) is 0 Å². The predicted octanol–water partition coefficient (Wildman–Crippen LogP) is 1.92. The molecule has 3 heteroatoms. The van der Waals surface area contributed by atoms with E-state index in [1.807, 2.05) is 0 Å². The van der Waals surface area contributed by atoms with Gasteiger partial charge in [-0.25, -0.2) is 9.18 Å². The molecule has 0 atom stereocenters. The van der Waals surface area contributed by atoms with Crippen LogP contribution >= 0.6 is 0 Å². The van der Waals surface area contributed by atoms with E-state index in [9.17, 15) is 9.18 Å². The zero-order valence-corrected chi connectivity index (χ0v) is 6.87. The lowest BCUT2D eigenvalue weighted by Crippen LogP contribution is -1.86. The van der Waals surface area contributed by atoms with Crippen molar-refractivity contribution in [2.75, 3.05) is 6.61 Å². The molecule has 1 aromatic rings. The number of carbonyl (C=O) groups excluding carboxylic acids is 1. The number of benzene rings is 1. The molecule has 0 saturated heterocycles. The van der Waals surface area contributed by atoms with Crippen LogP contribution < -0.4 is 0 Å². The van der Waals surface area contributed by atoms with Gasteiger partial charge in [0.05, 0.1) is 0 Å². The van der Waals surface area contributed by atoms with Gasteiger partial charge in [0.15, 0.2) is 0 Å². The first kappa shape index (κ1) is 9.45. The fourth-order valence-electron chi connectivity index (χ4n) is 0.867. The summed E-state index contributed by atoms with van der Waals surface area (Å²) in [5, 5.41) is 0. The Kier molecular flexibility index (Phi) is 3.70. The molecular weight excluding hydrogens is 171 g/mol. The molecule has 13 heavy (non-hydrogen) atoms. The van der Waals surface area contributed by atoms with Crippen LogP contribution in [-0.4, -0.2) is 13.1 Å². The molecule has 67 valence electrons. The van der Waals surface area contributed by atoms with Crippen LogP contribution in [0.1, 0.15) is 5.56 Å². The van der Waals surface area contributed by atoms with Crippen LogP contribution in [0.25, 0.3) is 6.08 Å². The van der Waals surface area contributed by atoms with Crippen LogP contribution in [0, 0.1) is 5.82 Å². The first-order valence-electron chi connectivity index (χ1n) is 3.74. The summed E-state index contributed by atoms with van der Waals surface area (Å²) in [6.45, 7) is 1.38. The van der Waals surface area contributed by atoms with Gasteiger partial charge >= 0.3 is 6.47 Å². The Morgan fingerprint density at radius 2 is 2.23 bits per heavy atom. The summed E-state index contributed by atoms with van der Waals surface area (Å²) in [5.41, 5.74) is 0.469. The maximum atomic E-state index is 12.9. The molecule has 0 heterocycles. The van der Waals surface area contributed by atoms with Gasteiger partial charge < -0.3 is 4.74 Å². The molecule has 0 aliphatic heterocycles. The molecule has 0 fully saturated rings. The third kappa shape index (κ3) is 3.07. The average Bonchev–Trinajstić information content (AvgIpc) is 2.15. The molecule has 1 radical (unpaired) electrons. The van der Waals surface area contributed by atoms with Gasteiger partial charge in [-0.15, -0.1) is 0 Å². The average molecular weight is 179 g/mol. The molecular formula is C10H8FO2. The highest BCUT2D eigenvalue weighted by molar-refractivity contribution is 5.50. The van der Waals surface area contributed by atoms with E-state index in [1.54, 1.807) is 30.4 Å². The molecule has 1 rings (SSSR count). The van der Waals surface area contributed by atoms with Crippen LogP contribution in [-0.2, 0) is 9.53 Å². The van der Waals surface area contributed by atoms with Gasteiger partial charge in [0.25, 0.3) is 0 Å². The van der Waals surface area contributed by atoms with Gasteiger partial charge in [-0.05, 0) is 12.1 Å². The van der Waals surface area contributed by atoms with E-state index in [0.29, 0.717) is 5.56 Å². The summed E-state index contributed by atoms with van der Waals surface area (Å²) in [4.78, 5) is 9.63. The highest BCUT2D eigenvalue weighted by Crippen LogP contribution is 2.07. The van der Waals surface area contributed by atoms with Crippen LogP contribution in [0.15, 0.2) is 30.3 Å². The van der Waals surface area contributed by atoms with E-state index in [2.05, 4.69) is 4.74 Å². The Labute approximate surface area is 75.6 Å². The van der Waals surface area contributed by atoms with E-state index in [1.165, 1.54) is 12.5 Å². The SMILES string of the molecule is O=[C]OCC=Cc1ccccc1F. The zero-order valence-electron chi connectivity index (χ0n) is 6.87. The van der Waals surface area contributed by atoms with E-state index in [4.69, 9.17) is 0 Å². The third-order valence-corrected chi connectivity index (χ3v) is 1.44. The minimum Gasteiger partial charge on any atom is -0.453 e. The van der Waals surface area contributed by atoms with Crippen molar-refractivity contribution in [1.82, 2.24) is 0 Å². The fraction of sp³-hybridized carbons (Fsp3) is 0.100. The van der Waals surface area contributed by atoms with E-state index < -0.39 is 0 Å². The maximum Gasteiger partial charge on any atom is 0.417 e. The molecule has 0 aromatic heterocycles. The van der Waals surface area contributed by atoms with Gasteiger partial charge in [0.1, 0.15) is 12.4 Å². The summed E-state index contributed by atoms with van der Waals surface area (Å²) in [7, 11) is 0. The van der Waals surface area contributed by atoms with Gasteiger partial charge in [0, 0.05) is 5.56 Å². The molecule has 2 nitrogen and oxygen atoms in total. The molecule has 0 aliphatic rings. The smallest absolute Gasteiger partial charge is 0.417 e. The topological polar surface area (TPSA) is 26.3 Å². The van der Waals surface area contributed by atoms with E-state index in [-0.39, 0.29) is 12.4 Å². The Morgan fingerprint density at radius 1 is 1.46 bits per heavy atom. The van der Waals surface area contributed by atoms with Crippen molar-refractivity contribution in [2.24, 2.45) is 0 Å². The highest BCUT2D eigenvalue weighted by Gasteiger charge is 1.93. The standard InChI is InChI=1S/C10H8FO2/c11-10-6-2-1-4-9(10)5-3-7-13-8-12/h1-6H,7H2. The first-order valence-corrected chi connectivity index (χ1v) is 3.74. The van der Waals surface area contributed by atoms with Crippen molar-refractivity contribution < 1.29 is 13.9 Å². The molecule has 0 bridgehead atoms. The lowest BCUT2D eigenvalue weighted by molar-refractivity contribution is 0.314. The molecule has 0 N–H and O–H groups in total. The van der Waals surface area contributed by atoms with Crippen LogP contribution in [0.2, 0.25) is 0 Å². The van der Waals surface area contributed by atoms with Crippen LogP contribution in [0.4, 0.5) is 4.39 Å². The van der Waals surface area contributed by atoms with Crippen LogP contribution in [0.3, 0.4) is 0 Å². The second kappa shape index (κ2) is 5.09. The van der Waals surface area contributed by atoms with Crippen LogP contribution in [0.5, 0.6) is 0 Å². The molecule has 0 saturated carbocycles. The number of rotatable bonds is 4. The van der Waals surface area contributed by atoms with E-state index in [0.717, 1.165) is 0 Å². The molecule has 0 unspecified atom stereocenters. The Morgan fingerprint density at radius 3 is 2.92 bits per heavy atom. The zero-order chi connectivity index (χ0) is 9.52. The summed E-state index contributed by atoms with van der Waals surface area (Å²) < 4.78 is 17.2. The Hall–Kier alpha value is -1.64. The lowest BCUT2D eigenvalue weighted by atomic mass is 10.2. The van der Waals surface area contributed by atoms with Crippen molar-refractivity contribution >= 4 is 12.5 Å². The molecule has 0 aliphatic carbocycles. The summed E-state index contributed by atoms with van der Waals surface area (Å²) >= 11 is 0. The number of hydrogen-bond donors (Lipinski definition) is 0. The second-order valence-corrected chi connectivity index (χ2v) is 2.32. The molecule has 0 amide bonds. The number of halogens is 1. The van der Waals surface area contributed by atoms with Gasteiger partial charge in [-0.1, -0.05) is 24.3 Å².